The first-order valence-electron chi connectivity index (χ1n) is 5.06. The van der Waals surface area contributed by atoms with Crippen LogP contribution in [0.4, 0.5) is 0 Å². The number of allylic oxidation sites excluding steroid dienone is 1. The molecular weight excluding hydrogens is 215 g/mol. The van der Waals surface area contributed by atoms with E-state index in [1.165, 1.54) is 0 Å². The van der Waals surface area contributed by atoms with E-state index in [1.54, 1.807) is 26.8 Å². The first-order chi connectivity index (χ1) is 7.01. The third-order valence-electron chi connectivity index (χ3n) is 1.81. The zero-order chi connectivity index (χ0) is 11.9. The summed E-state index contributed by atoms with van der Waals surface area (Å²) < 4.78 is 21.9. The number of hydrogen-bond donors (Lipinski definition) is 0. The molecule has 0 amide bonds. The van der Waals surface area contributed by atoms with Crippen molar-refractivity contribution >= 4 is 13.1 Å². The maximum absolute atomic E-state index is 12.0. The molecule has 0 aromatic carbocycles. The highest BCUT2D eigenvalue weighted by atomic mass is 31.2. The summed E-state index contributed by atoms with van der Waals surface area (Å²) in [6, 6.07) is 0. The molecule has 0 saturated carbocycles. The second-order valence-electron chi connectivity index (χ2n) is 3.10. The lowest BCUT2D eigenvalue weighted by Gasteiger charge is -2.18. The quantitative estimate of drug-likeness (QED) is 0.478. The Morgan fingerprint density at radius 3 is 2.20 bits per heavy atom. The summed E-state index contributed by atoms with van der Waals surface area (Å²) in [5, 5.41) is 0. The zero-order valence-corrected chi connectivity index (χ0v) is 10.5. The summed E-state index contributed by atoms with van der Waals surface area (Å²) in [5.74, 6) is -0.383. The van der Waals surface area contributed by atoms with E-state index in [-0.39, 0.29) is 19.1 Å². The summed E-state index contributed by atoms with van der Waals surface area (Å²) >= 11 is 0. The molecule has 88 valence electrons. The highest BCUT2D eigenvalue weighted by molar-refractivity contribution is 7.71. The molecule has 0 spiro atoms. The van der Waals surface area contributed by atoms with Crippen LogP contribution in [0.3, 0.4) is 0 Å². The molecule has 4 nitrogen and oxygen atoms in total. The first-order valence-corrected chi connectivity index (χ1v) is 6.60. The molecule has 0 heterocycles. The van der Waals surface area contributed by atoms with E-state index in [9.17, 15) is 9.36 Å². The van der Waals surface area contributed by atoms with Crippen molar-refractivity contribution in [3.8, 4) is 0 Å². The van der Waals surface area contributed by atoms with Crippen LogP contribution >= 0.6 is 7.60 Å². The molecule has 0 aliphatic heterocycles. The van der Waals surface area contributed by atoms with Gasteiger partial charge in [0.25, 0.3) is 0 Å². The van der Waals surface area contributed by atoms with Gasteiger partial charge in [0.1, 0.15) is 0 Å². The van der Waals surface area contributed by atoms with Crippen LogP contribution in [0.1, 0.15) is 27.2 Å². The lowest BCUT2D eigenvalue weighted by atomic mass is 10.1. The van der Waals surface area contributed by atoms with Crippen molar-refractivity contribution in [1.82, 2.24) is 0 Å². The minimum atomic E-state index is -3.58. The van der Waals surface area contributed by atoms with Gasteiger partial charge >= 0.3 is 7.60 Å². The fraction of sp³-hybridized carbons (Fsp3) is 0.700. The maximum Gasteiger partial charge on any atom is 0.396 e. The van der Waals surface area contributed by atoms with Gasteiger partial charge in [-0.3, -0.25) is 9.36 Å². The van der Waals surface area contributed by atoms with Crippen molar-refractivity contribution in [2.24, 2.45) is 5.92 Å². The molecule has 1 atom stereocenters. The summed E-state index contributed by atoms with van der Waals surface area (Å²) in [6.07, 6.45) is 2.09. The smallest absolute Gasteiger partial charge is 0.303 e. The molecule has 0 aromatic heterocycles. The van der Waals surface area contributed by atoms with Crippen molar-refractivity contribution in [1.29, 1.82) is 0 Å². The molecule has 0 fully saturated rings. The predicted octanol–water partition coefficient (Wildman–Crippen LogP) is 2.99. The summed E-state index contributed by atoms with van der Waals surface area (Å²) in [4.78, 5) is 11.8. The van der Waals surface area contributed by atoms with Gasteiger partial charge in [0.2, 0.25) is 5.52 Å². The number of carbonyl (C=O) groups is 1. The lowest BCUT2D eigenvalue weighted by Crippen LogP contribution is -2.14. The minimum absolute atomic E-state index is 0.198. The Morgan fingerprint density at radius 2 is 1.87 bits per heavy atom. The summed E-state index contributed by atoms with van der Waals surface area (Å²) in [5.41, 5.74) is -0.467. The Labute approximate surface area is 91.2 Å². The molecule has 0 aliphatic rings. The van der Waals surface area contributed by atoms with Crippen LogP contribution in [0, 0.1) is 5.92 Å². The van der Waals surface area contributed by atoms with Crippen molar-refractivity contribution in [2.45, 2.75) is 27.2 Å². The monoisotopic (exact) mass is 234 g/mol. The fourth-order valence-electron chi connectivity index (χ4n) is 1.13. The van der Waals surface area contributed by atoms with Crippen molar-refractivity contribution < 1.29 is 18.4 Å². The molecule has 1 unspecified atom stereocenters. The van der Waals surface area contributed by atoms with E-state index in [4.69, 9.17) is 9.05 Å². The summed E-state index contributed by atoms with van der Waals surface area (Å²) in [7, 11) is -3.58. The van der Waals surface area contributed by atoms with Crippen molar-refractivity contribution in [2.75, 3.05) is 13.2 Å². The topological polar surface area (TPSA) is 52.6 Å². The van der Waals surface area contributed by atoms with Crippen LogP contribution in [-0.4, -0.2) is 18.7 Å². The fourth-order valence-corrected chi connectivity index (χ4v) is 2.78. The van der Waals surface area contributed by atoms with E-state index < -0.39 is 13.1 Å². The zero-order valence-electron chi connectivity index (χ0n) is 9.56. The van der Waals surface area contributed by atoms with Gasteiger partial charge in [-0.15, -0.1) is 6.58 Å². The molecule has 5 heteroatoms. The van der Waals surface area contributed by atoms with Crippen LogP contribution in [0.5, 0.6) is 0 Å². The van der Waals surface area contributed by atoms with Crippen LogP contribution in [0.25, 0.3) is 0 Å². The maximum atomic E-state index is 12.0. The molecular formula is C10H19O4P. The molecule has 0 N–H and O–H groups in total. The molecule has 0 radical (unpaired) electrons. The van der Waals surface area contributed by atoms with E-state index in [1.807, 2.05) is 0 Å². The molecule has 15 heavy (non-hydrogen) atoms. The normalized spacial score (nSPS) is 13.5. The molecule has 0 aromatic rings. The standard InChI is InChI=1S/C10H19O4P/c1-5-8-9(4)10(11)15(12,13-6-2)14-7-3/h5,9H,1,6-8H2,2-4H3. The highest BCUT2D eigenvalue weighted by Crippen LogP contribution is 2.51. The van der Waals surface area contributed by atoms with Gasteiger partial charge in [-0.25, -0.2) is 0 Å². The second kappa shape index (κ2) is 6.94. The number of rotatable bonds is 8. The van der Waals surface area contributed by atoms with Gasteiger partial charge in [-0.2, -0.15) is 0 Å². The van der Waals surface area contributed by atoms with E-state index in [0.29, 0.717) is 6.42 Å². The largest absolute Gasteiger partial charge is 0.396 e. The lowest BCUT2D eigenvalue weighted by molar-refractivity contribution is -0.116. The van der Waals surface area contributed by atoms with Gasteiger partial charge in [0, 0.05) is 5.92 Å². The Morgan fingerprint density at radius 1 is 1.40 bits per heavy atom. The highest BCUT2D eigenvalue weighted by Gasteiger charge is 2.36. The third-order valence-corrected chi connectivity index (χ3v) is 3.99. The number of hydrogen-bond acceptors (Lipinski definition) is 4. The Bertz CT molecular complexity index is 252. The molecule has 0 rings (SSSR count). The van der Waals surface area contributed by atoms with Gasteiger partial charge in [-0.1, -0.05) is 13.0 Å². The van der Waals surface area contributed by atoms with Crippen LogP contribution in [-0.2, 0) is 18.4 Å². The first kappa shape index (κ1) is 14.6. The Balaban J connectivity index is 4.68. The average molecular weight is 234 g/mol. The summed E-state index contributed by atoms with van der Waals surface area (Å²) in [6.45, 7) is 8.97. The predicted molar refractivity (Wildman–Crippen MR) is 59.8 cm³/mol. The number of carbonyl (C=O) groups excluding carboxylic acids is 1. The van der Waals surface area contributed by atoms with Gasteiger partial charge in [0.05, 0.1) is 13.2 Å². The molecule has 0 aliphatic carbocycles. The van der Waals surface area contributed by atoms with Crippen molar-refractivity contribution in [3.05, 3.63) is 12.7 Å². The second-order valence-corrected chi connectivity index (χ2v) is 5.05. The Hall–Kier alpha value is -0.440. The molecule has 0 saturated heterocycles. The van der Waals surface area contributed by atoms with Crippen LogP contribution in [0.2, 0.25) is 0 Å². The van der Waals surface area contributed by atoms with Crippen molar-refractivity contribution in [3.63, 3.8) is 0 Å². The minimum Gasteiger partial charge on any atom is -0.303 e. The van der Waals surface area contributed by atoms with E-state index in [0.717, 1.165) is 0 Å². The van der Waals surface area contributed by atoms with Gasteiger partial charge in [-0.05, 0) is 20.3 Å². The SMILES string of the molecule is C=CCC(C)C(=O)P(=O)(OCC)OCC. The Kier molecular flexibility index (Phi) is 6.73. The van der Waals surface area contributed by atoms with Crippen LogP contribution < -0.4 is 0 Å². The van der Waals surface area contributed by atoms with E-state index >= 15 is 0 Å². The average Bonchev–Trinajstić information content (AvgIpc) is 2.17. The third kappa shape index (κ3) is 4.29. The van der Waals surface area contributed by atoms with Crippen LogP contribution in [0.15, 0.2) is 12.7 Å². The molecule has 0 bridgehead atoms. The van der Waals surface area contributed by atoms with Gasteiger partial charge < -0.3 is 9.05 Å². The van der Waals surface area contributed by atoms with E-state index in [2.05, 4.69) is 6.58 Å². The van der Waals surface area contributed by atoms with Gasteiger partial charge in [0.15, 0.2) is 0 Å².